The molecule has 0 radical (unpaired) electrons. The fourth-order valence-electron chi connectivity index (χ4n) is 1.65. The number of aliphatic imine (C=N–C) groups is 1. The highest BCUT2D eigenvalue weighted by Crippen LogP contribution is 2.33. The summed E-state index contributed by atoms with van der Waals surface area (Å²) in [5, 5.41) is 10.2. The monoisotopic (exact) mass is 431 g/mol. The number of nitrogens with two attached hydrogens (primary N) is 2. The molecular weight excluding hydrogens is 412 g/mol. The molecule has 7 nitrogen and oxygen atoms in total. The summed E-state index contributed by atoms with van der Waals surface area (Å²) in [7, 11) is 0. The Hall–Kier alpha value is -1.12. The van der Waals surface area contributed by atoms with Crippen molar-refractivity contribution in [2.24, 2.45) is 16.5 Å². The van der Waals surface area contributed by atoms with Gasteiger partial charge in [-0.05, 0) is 19.9 Å². The van der Waals surface area contributed by atoms with Crippen LogP contribution in [-0.2, 0) is 4.84 Å². The number of ether oxygens (including phenoxy) is 1. The molecule has 5 N–H and O–H groups in total. The van der Waals surface area contributed by atoms with E-state index in [0.717, 1.165) is 0 Å². The van der Waals surface area contributed by atoms with Gasteiger partial charge in [-0.3, -0.25) is 10.2 Å². The van der Waals surface area contributed by atoms with Crippen molar-refractivity contribution in [1.82, 2.24) is 5.06 Å². The maximum atomic E-state index is 7.77. The molecule has 0 atom stereocenters. The first-order chi connectivity index (χ1) is 11.2. The number of nitrogens with zero attached hydrogens (tertiary/aromatic N) is 2. The SMILES string of the molecule is CC(C)N(OCCCOc1cc(Cl)c(Cl)cc1Cl)C(=N)N=C(N)N.Cl. The minimum absolute atomic E-state index is 0. The van der Waals surface area contributed by atoms with Crippen LogP contribution in [0.5, 0.6) is 5.75 Å². The predicted molar refractivity (Wildman–Crippen MR) is 105 cm³/mol. The Balaban J connectivity index is 0.00000576. The molecule has 25 heavy (non-hydrogen) atoms. The Morgan fingerprint density at radius 3 is 2.32 bits per heavy atom. The fourth-order valence-corrected chi connectivity index (χ4v) is 2.24. The molecule has 1 rings (SSSR count). The van der Waals surface area contributed by atoms with Gasteiger partial charge in [0.25, 0.3) is 0 Å². The van der Waals surface area contributed by atoms with Gasteiger partial charge in [-0.2, -0.15) is 4.99 Å². The topological polar surface area (TPSA) is 110 Å². The first-order valence-corrected chi connectivity index (χ1v) is 8.23. The van der Waals surface area contributed by atoms with Gasteiger partial charge in [0.15, 0.2) is 5.96 Å². The highest BCUT2D eigenvalue weighted by atomic mass is 35.5. The first kappa shape index (κ1) is 23.9. The quantitative estimate of drug-likeness (QED) is 0.200. The average Bonchev–Trinajstić information content (AvgIpc) is 2.46. The van der Waals surface area contributed by atoms with E-state index in [1.165, 1.54) is 11.1 Å². The van der Waals surface area contributed by atoms with Gasteiger partial charge in [0.05, 0.1) is 34.3 Å². The number of hydroxylamine groups is 2. The molecule has 0 unspecified atom stereocenters. The van der Waals surface area contributed by atoms with Gasteiger partial charge in [-0.25, -0.2) is 5.06 Å². The van der Waals surface area contributed by atoms with E-state index in [1.54, 1.807) is 6.07 Å². The number of rotatable bonds is 7. The molecule has 0 amide bonds. The molecule has 0 aliphatic rings. The standard InChI is InChI=1S/C14H20Cl3N5O2.ClH/c1-8(2)22(14(20)21-13(18)19)24-5-3-4-23-12-7-10(16)9(15)6-11(12)17;/h6-8H,3-5H2,1-2H3,(H5,18,19,20,21);1H. The molecule has 0 spiro atoms. The lowest BCUT2D eigenvalue weighted by Gasteiger charge is -2.25. The highest BCUT2D eigenvalue weighted by molar-refractivity contribution is 6.43. The summed E-state index contributed by atoms with van der Waals surface area (Å²) in [5.41, 5.74) is 10.5. The summed E-state index contributed by atoms with van der Waals surface area (Å²) < 4.78 is 5.55. The van der Waals surface area contributed by atoms with E-state index >= 15 is 0 Å². The van der Waals surface area contributed by atoms with Crippen LogP contribution < -0.4 is 16.2 Å². The lowest BCUT2D eigenvalue weighted by Crippen LogP contribution is -2.38. The van der Waals surface area contributed by atoms with E-state index in [2.05, 4.69) is 4.99 Å². The van der Waals surface area contributed by atoms with Crippen LogP contribution in [0.15, 0.2) is 17.1 Å². The van der Waals surface area contributed by atoms with Crippen LogP contribution in [0.4, 0.5) is 0 Å². The molecule has 0 aliphatic heterocycles. The molecule has 1 aromatic rings. The Morgan fingerprint density at radius 2 is 1.76 bits per heavy atom. The van der Waals surface area contributed by atoms with Crippen molar-refractivity contribution in [3.63, 3.8) is 0 Å². The number of nitrogens with one attached hydrogen (secondary N) is 1. The molecule has 0 bridgehead atoms. The molecule has 0 saturated carbocycles. The second kappa shape index (κ2) is 11.5. The second-order valence-corrected chi connectivity index (χ2v) is 6.23. The van der Waals surface area contributed by atoms with E-state index in [9.17, 15) is 0 Å². The summed E-state index contributed by atoms with van der Waals surface area (Å²) in [6.45, 7) is 4.35. The first-order valence-electron chi connectivity index (χ1n) is 7.10. The molecule has 11 heteroatoms. The third-order valence-corrected chi connectivity index (χ3v) is 3.68. The summed E-state index contributed by atoms with van der Waals surface area (Å²) in [6.07, 6.45) is 0.550. The van der Waals surface area contributed by atoms with Crippen LogP contribution in [-0.4, -0.2) is 36.2 Å². The summed E-state index contributed by atoms with van der Waals surface area (Å²) in [5.74, 6) is 0.0744. The van der Waals surface area contributed by atoms with E-state index in [0.29, 0.717) is 40.5 Å². The molecule has 0 heterocycles. The van der Waals surface area contributed by atoms with Gasteiger partial charge >= 0.3 is 0 Å². The molecule has 0 aromatic heterocycles. The third-order valence-electron chi connectivity index (χ3n) is 2.66. The van der Waals surface area contributed by atoms with Crippen molar-refractivity contribution >= 4 is 59.1 Å². The van der Waals surface area contributed by atoms with Crippen LogP contribution >= 0.6 is 47.2 Å². The zero-order valence-corrected chi connectivity index (χ0v) is 16.8. The minimum Gasteiger partial charge on any atom is -0.492 e. The van der Waals surface area contributed by atoms with Crippen LogP contribution in [0, 0.1) is 5.41 Å². The fraction of sp³-hybridized carbons (Fsp3) is 0.429. The zero-order chi connectivity index (χ0) is 18.3. The smallest absolute Gasteiger partial charge is 0.245 e. The molecular formula is C14H21Cl4N5O2. The molecule has 0 saturated heterocycles. The summed E-state index contributed by atoms with van der Waals surface area (Å²) in [4.78, 5) is 9.16. The molecule has 0 fully saturated rings. The Labute approximate surface area is 168 Å². The highest BCUT2D eigenvalue weighted by Gasteiger charge is 2.14. The summed E-state index contributed by atoms with van der Waals surface area (Å²) in [6, 6.07) is 2.97. The lowest BCUT2D eigenvalue weighted by atomic mass is 10.3. The van der Waals surface area contributed by atoms with Crippen LogP contribution in [0.1, 0.15) is 20.3 Å². The van der Waals surface area contributed by atoms with Gasteiger partial charge in [0, 0.05) is 12.5 Å². The Kier molecular flexibility index (Phi) is 11.0. The van der Waals surface area contributed by atoms with Gasteiger partial charge in [-0.15, -0.1) is 12.4 Å². The number of guanidine groups is 2. The number of halogens is 4. The van der Waals surface area contributed by atoms with E-state index in [-0.39, 0.29) is 30.4 Å². The van der Waals surface area contributed by atoms with Gasteiger partial charge in [-0.1, -0.05) is 34.8 Å². The second-order valence-electron chi connectivity index (χ2n) is 5.01. The van der Waals surface area contributed by atoms with Crippen LogP contribution in [0.2, 0.25) is 15.1 Å². The molecule has 1 aromatic carbocycles. The van der Waals surface area contributed by atoms with Gasteiger partial charge < -0.3 is 16.2 Å². The van der Waals surface area contributed by atoms with Crippen molar-refractivity contribution in [2.45, 2.75) is 26.3 Å². The Morgan fingerprint density at radius 1 is 1.16 bits per heavy atom. The van der Waals surface area contributed by atoms with Crippen molar-refractivity contribution in [1.29, 1.82) is 5.41 Å². The molecule has 142 valence electrons. The largest absolute Gasteiger partial charge is 0.492 e. The maximum Gasteiger partial charge on any atom is 0.245 e. The summed E-state index contributed by atoms with van der Waals surface area (Å²) >= 11 is 17.8. The van der Waals surface area contributed by atoms with Crippen molar-refractivity contribution in [3.05, 3.63) is 27.2 Å². The van der Waals surface area contributed by atoms with Gasteiger partial charge in [0.2, 0.25) is 5.96 Å². The van der Waals surface area contributed by atoms with Gasteiger partial charge in [0.1, 0.15) is 5.75 Å². The normalized spacial score (nSPS) is 10.2. The lowest BCUT2D eigenvalue weighted by molar-refractivity contribution is -0.123. The number of benzene rings is 1. The van der Waals surface area contributed by atoms with E-state index in [1.807, 2.05) is 13.8 Å². The van der Waals surface area contributed by atoms with Crippen molar-refractivity contribution in [2.75, 3.05) is 13.2 Å². The predicted octanol–water partition coefficient (Wildman–Crippen LogP) is 3.69. The Bertz CT molecular complexity index is 609. The average molecular weight is 433 g/mol. The third kappa shape index (κ3) is 8.20. The van der Waals surface area contributed by atoms with Crippen LogP contribution in [0.25, 0.3) is 0 Å². The number of hydrogen-bond donors (Lipinski definition) is 3. The minimum atomic E-state index is -0.202. The van der Waals surface area contributed by atoms with Crippen LogP contribution in [0.3, 0.4) is 0 Å². The molecule has 0 aliphatic carbocycles. The maximum absolute atomic E-state index is 7.77. The van der Waals surface area contributed by atoms with Crippen molar-refractivity contribution in [3.8, 4) is 5.75 Å². The van der Waals surface area contributed by atoms with E-state index in [4.69, 9.17) is 61.3 Å². The zero-order valence-electron chi connectivity index (χ0n) is 13.8. The van der Waals surface area contributed by atoms with Crippen molar-refractivity contribution < 1.29 is 9.57 Å². The number of hydrogen-bond acceptors (Lipinski definition) is 3. The van der Waals surface area contributed by atoms with E-state index < -0.39 is 0 Å².